The van der Waals surface area contributed by atoms with Gasteiger partial charge in [0.1, 0.15) is 4.83 Å². The van der Waals surface area contributed by atoms with Crippen LogP contribution in [0.1, 0.15) is 38.6 Å². The van der Waals surface area contributed by atoms with Gasteiger partial charge in [-0.25, -0.2) is 4.98 Å². The van der Waals surface area contributed by atoms with E-state index in [1.165, 1.54) is 10.4 Å². The van der Waals surface area contributed by atoms with Gasteiger partial charge in [-0.2, -0.15) is 4.57 Å². The van der Waals surface area contributed by atoms with Gasteiger partial charge in [-0.1, -0.05) is 30.3 Å². The number of aromatic nitrogens is 3. The Balaban J connectivity index is 1.41. The molecule has 1 N–H and O–H groups in total. The highest BCUT2D eigenvalue weighted by atomic mass is 32.1. The molecule has 0 fully saturated rings. The van der Waals surface area contributed by atoms with Crippen LogP contribution in [0.2, 0.25) is 0 Å². The Labute approximate surface area is 165 Å². The van der Waals surface area contributed by atoms with Crippen molar-refractivity contribution in [2.24, 2.45) is 0 Å². The zero-order chi connectivity index (χ0) is 19.1. The summed E-state index contributed by atoms with van der Waals surface area (Å²) in [6, 6.07) is 12.8. The third kappa shape index (κ3) is 2.96. The first-order valence-corrected chi connectivity index (χ1v) is 10.1. The molecule has 0 bridgehead atoms. The maximum atomic E-state index is 12.6. The van der Waals surface area contributed by atoms with Crippen molar-refractivity contribution in [2.75, 3.05) is 0 Å². The molecule has 1 aliphatic rings. The van der Waals surface area contributed by atoms with E-state index < -0.39 is 0 Å². The number of fused-ring (bicyclic) bond motifs is 3. The van der Waals surface area contributed by atoms with E-state index in [1.54, 1.807) is 23.5 Å². The van der Waals surface area contributed by atoms with Crippen LogP contribution >= 0.6 is 11.3 Å². The van der Waals surface area contributed by atoms with Crippen molar-refractivity contribution < 1.29 is 9.36 Å². The van der Waals surface area contributed by atoms with Crippen LogP contribution in [0.3, 0.4) is 0 Å². The van der Waals surface area contributed by atoms with Gasteiger partial charge in [0.05, 0.1) is 5.39 Å². The molecule has 0 atom stereocenters. The molecule has 1 aliphatic carbocycles. The highest BCUT2D eigenvalue weighted by Crippen LogP contribution is 2.34. The first-order valence-electron chi connectivity index (χ1n) is 9.31. The van der Waals surface area contributed by atoms with Gasteiger partial charge >= 0.3 is 0 Å². The minimum Gasteiger partial charge on any atom is -0.305 e. The standard InChI is InChI=1S/C22H17N3O2S/c26-20(14-5-2-1-3-6-14)15-9-11-25(12-10-15)13-18-23-21(27)19-16-7-4-8-17(16)28-22(19)24-18/h1-3,5-6,9-12H,4,7-8,13H2/p+1. The van der Waals surface area contributed by atoms with Gasteiger partial charge in [-0.3, -0.25) is 9.59 Å². The van der Waals surface area contributed by atoms with E-state index in [1.807, 2.05) is 47.3 Å². The molecule has 0 aliphatic heterocycles. The molecule has 5 rings (SSSR count). The summed E-state index contributed by atoms with van der Waals surface area (Å²) in [5.74, 6) is 0.623. The lowest BCUT2D eigenvalue weighted by Gasteiger charge is -2.02. The summed E-state index contributed by atoms with van der Waals surface area (Å²) in [6.07, 6.45) is 6.84. The van der Waals surface area contributed by atoms with Crippen LogP contribution < -0.4 is 10.1 Å². The number of H-pyrrole nitrogens is 1. The number of hydrogen-bond acceptors (Lipinski definition) is 4. The van der Waals surface area contributed by atoms with E-state index in [0.29, 0.717) is 23.5 Å². The number of rotatable bonds is 4. The van der Waals surface area contributed by atoms with E-state index >= 15 is 0 Å². The average Bonchev–Trinajstić information content (AvgIpc) is 3.29. The minimum atomic E-state index is -0.0455. The zero-order valence-electron chi connectivity index (χ0n) is 15.1. The van der Waals surface area contributed by atoms with Crippen LogP contribution in [-0.2, 0) is 19.4 Å². The molecule has 28 heavy (non-hydrogen) atoms. The molecule has 0 radical (unpaired) electrons. The van der Waals surface area contributed by atoms with Gasteiger partial charge in [0.2, 0.25) is 6.54 Å². The summed E-state index contributed by atoms with van der Waals surface area (Å²) in [5.41, 5.74) is 2.45. The molecule has 0 spiro atoms. The Kier molecular flexibility index (Phi) is 4.13. The molecule has 5 nitrogen and oxygen atoms in total. The first-order chi connectivity index (χ1) is 13.7. The predicted octanol–water partition coefficient (Wildman–Crippen LogP) is 3.04. The fourth-order valence-electron chi connectivity index (χ4n) is 3.76. The number of carbonyl (C=O) groups excluding carboxylic acids is 1. The van der Waals surface area contributed by atoms with Crippen LogP contribution in [0.15, 0.2) is 59.7 Å². The molecule has 3 aromatic heterocycles. The lowest BCUT2D eigenvalue weighted by atomic mass is 10.0. The fourth-order valence-corrected chi connectivity index (χ4v) is 5.05. The molecule has 0 amide bonds. The first kappa shape index (κ1) is 17.0. The quantitative estimate of drug-likeness (QED) is 0.432. The summed E-state index contributed by atoms with van der Waals surface area (Å²) < 4.78 is 1.91. The van der Waals surface area contributed by atoms with Crippen molar-refractivity contribution in [1.29, 1.82) is 0 Å². The van der Waals surface area contributed by atoms with Crippen molar-refractivity contribution in [3.05, 3.63) is 92.6 Å². The van der Waals surface area contributed by atoms with Crippen molar-refractivity contribution in [2.45, 2.75) is 25.8 Å². The Morgan fingerprint density at radius 3 is 2.61 bits per heavy atom. The molecule has 6 heteroatoms. The largest absolute Gasteiger partial charge is 0.305 e. The van der Waals surface area contributed by atoms with Gasteiger partial charge in [0.25, 0.3) is 5.56 Å². The number of nitrogens with zero attached hydrogens (tertiary/aromatic N) is 2. The molecule has 0 saturated heterocycles. The van der Waals surface area contributed by atoms with E-state index in [9.17, 15) is 9.59 Å². The van der Waals surface area contributed by atoms with Crippen LogP contribution in [-0.4, -0.2) is 15.8 Å². The molecule has 1 aromatic carbocycles. The van der Waals surface area contributed by atoms with Crippen molar-refractivity contribution in [1.82, 2.24) is 9.97 Å². The topological polar surface area (TPSA) is 66.7 Å². The summed E-state index contributed by atoms with van der Waals surface area (Å²) in [6.45, 7) is 0.452. The Morgan fingerprint density at radius 1 is 1.07 bits per heavy atom. The van der Waals surface area contributed by atoms with E-state index in [-0.39, 0.29) is 11.3 Å². The molecule has 3 heterocycles. The Hall–Kier alpha value is -3.12. The Morgan fingerprint density at radius 2 is 1.82 bits per heavy atom. The maximum Gasteiger partial charge on any atom is 0.260 e. The van der Waals surface area contributed by atoms with Crippen LogP contribution in [0.25, 0.3) is 10.2 Å². The number of carbonyl (C=O) groups is 1. The van der Waals surface area contributed by atoms with E-state index in [2.05, 4.69) is 9.97 Å². The molecule has 0 unspecified atom stereocenters. The number of hydrogen-bond donors (Lipinski definition) is 1. The number of ketones is 1. The van der Waals surface area contributed by atoms with Crippen molar-refractivity contribution in [3.63, 3.8) is 0 Å². The lowest BCUT2D eigenvalue weighted by Crippen LogP contribution is -2.35. The monoisotopic (exact) mass is 388 g/mol. The Bertz CT molecular complexity index is 1240. The number of aromatic amines is 1. The molecule has 4 aromatic rings. The third-order valence-electron chi connectivity index (χ3n) is 5.15. The third-order valence-corrected chi connectivity index (χ3v) is 6.33. The average molecular weight is 388 g/mol. The summed E-state index contributed by atoms with van der Waals surface area (Å²) >= 11 is 1.64. The van der Waals surface area contributed by atoms with Gasteiger partial charge in [-0.15, -0.1) is 11.3 Å². The lowest BCUT2D eigenvalue weighted by molar-refractivity contribution is -0.689. The smallest absolute Gasteiger partial charge is 0.260 e. The SMILES string of the molecule is O=C(c1ccccc1)c1cc[n+](Cc2nc3sc4c(c3c(=O)[nH]2)CCC4)cc1. The number of benzene rings is 1. The molecular formula is C22H18N3O2S+. The summed E-state index contributed by atoms with van der Waals surface area (Å²) in [7, 11) is 0. The molecular weight excluding hydrogens is 370 g/mol. The van der Waals surface area contributed by atoms with Crippen LogP contribution in [0.4, 0.5) is 0 Å². The zero-order valence-corrected chi connectivity index (χ0v) is 16.0. The van der Waals surface area contributed by atoms with Crippen LogP contribution in [0.5, 0.6) is 0 Å². The highest BCUT2D eigenvalue weighted by Gasteiger charge is 2.21. The summed E-state index contributed by atoms with van der Waals surface area (Å²) in [4.78, 5) is 34.8. The minimum absolute atomic E-state index is 0.00574. The number of pyridine rings is 1. The van der Waals surface area contributed by atoms with Gasteiger partial charge in [0.15, 0.2) is 24.0 Å². The maximum absolute atomic E-state index is 12.6. The van der Waals surface area contributed by atoms with Crippen molar-refractivity contribution in [3.8, 4) is 0 Å². The van der Waals surface area contributed by atoms with Gasteiger partial charge in [0, 0.05) is 28.1 Å². The van der Waals surface area contributed by atoms with E-state index in [4.69, 9.17) is 0 Å². The van der Waals surface area contributed by atoms with Crippen LogP contribution in [0, 0.1) is 0 Å². The van der Waals surface area contributed by atoms with Gasteiger partial charge < -0.3 is 4.98 Å². The number of thiophene rings is 1. The van der Waals surface area contributed by atoms with Gasteiger partial charge in [-0.05, 0) is 24.8 Å². The second kappa shape index (κ2) is 6.80. The second-order valence-corrected chi connectivity index (χ2v) is 8.09. The van der Waals surface area contributed by atoms with Crippen molar-refractivity contribution >= 4 is 27.3 Å². The second-order valence-electron chi connectivity index (χ2n) is 7.00. The molecule has 138 valence electrons. The molecule has 0 saturated carbocycles. The van der Waals surface area contributed by atoms with E-state index in [0.717, 1.165) is 29.5 Å². The number of nitrogens with one attached hydrogen (secondary N) is 1. The highest BCUT2D eigenvalue weighted by molar-refractivity contribution is 7.18. The summed E-state index contributed by atoms with van der Waals surface area (Å²) in [5, 5.41) is 0.773. The fraction of sp³-hybridized carbons (Fsp3) is 0.182. The predicted molar refractivity (Wildman–Crippen MR) is 108 cm³/mol. The number of aryl methyl sites for hydroxylation is 2. The normalized spacial score (nSPS) is 13.0.